The molecule has 2 aliphatic rings. The predicted molar refractivity (Wildman–Crippen MR) is 128 cm³/mol. The number of rotatable bonds is 5. The maximum absolute atomic E-state index is 13.4. The number of nitrogens with zero attached hydrogens (tertiary/aromatic N) is 4. The zero-order valence-corrected chi connectivity index (χ0v) is 19.4. The Kier molecular flexibility index (Phi) is 5.41. The molecule has 1 aromatic carbocycles. The molecule has 2 aliphatic heterocycles. The summed E-state index contributed by atoms with van der Waals surface area (Å²) < 4.78 is 18.7. The van der Waals surface area contributed by atoms with Crippen LogP contribution in [-0.4, -0.2) is 50.8 Å². The van der Waals surface area contributed by atoms with Crippen molar-refractivity contribution in [3.63, 3.8) is 0 Å². The third-order valence-corrected chi connectivity index (χ3v) is 6.70. The van der Waals surface area contributed by atoms with E-state index < -0.39 is 0 Å². The van der Waals surface area contributed by atoms with Crippen molar-refractivity contribution in [3.8, 4) is 17.2 Å². The smallest absolute Gasteiger partial charge is 0.410 e. The van der Waals surface area contributed by atoms with E-state index in [0.717, 1.165) is 5.56 Å². The highest BCUT2D eigenvalue weighted by Gasteiger charge is 2.39. The Morgan fingerprint density at radius 2 is 2.03 bits per heavy atom. The molecular formula is C25H21ClN4O5. The molecule has 3 aromatic heterocycles. The van der Waals surface area contributed by atoms with E-state index in [1.807, 2.05) is 12.1 Å². The molecule has 0 saturated carbocycles. The first-order valence-electron chi connectivity index (χ1n) is 11.3. The molecule has 5 heterocycles. The average molecular weight is 493 g/mol. The minimum absolute atomic E-state index is 0.0139. The van der Waals surface area contributed by atoms with Crippen molar-refractivity contribution in [1.29, 1.82) is 0 Å². The number of oxazole rings is 1. The number of hydrogen-bond donors (Lipinski definition) is 0. The molecule has 6 rings (SSSR count). The fourth-order valence-corrected chi connectivity index (χ4v) is 4.78. The van der Waals surface area contributed by atoms with Crippen LogP contribution in [0, 0.1) is 0 Å². The number of amides is 1. The van der Waals surface area contributed by atoms with Crippen LogP contribution in [-0.2, 0) is 11.3 Å². The average Bonchev–Trinajstić information content (AvgIpc) is 3.53. The van der Waals surface area contributed by atoms with E-state index in [-0.39, 0.29) is 23.8 Å². The Morgan fingerprint density at radius 1 is 1.17 bits per heavy atom. The van der Waals surface area contributed by atoms with Crippen LogP contribution in [0.15, 0.2) is 64.4 Å². The molecule has 1 amide bonds. The summed E-state index contributed by atoms with van der Waals surface area (Å²) >= 11 is 5.99. The summed E-state index contributed by atoms with van der Waals surface area (Å²) in [6.45, 7) is 1.32. The standard InChI is InChI=1S/C25H21ClN4O5/c26-16-3-1-15(2-4-16)12-29-7-6-20-19(24(29)31)10-21(23(28-20)22-11-27-14-34-22)35-18-5-8-30-17(9-18)13-33-25(30)32/h1-4,6-7,10-11,14,17-18H,5,8-9,12-13H2/t17-,18-/m0/s1. The second-order valence-corrected chi connectivity index (χ2v) is 9.13. The first kappa shape index (κ1) is 21.7. The number of hydrogen-bond acceptors (Lipinski definition) is 7. The zero-order valence-electron chi connectivity index (χ0n) is 18.6. The number of cyclic esters (lactones) is 1. The quantitative estimate of drug-likeness (QED) is 0.413. The van der Waals surface area contributed by atoms with Gasteiger partial charge in [-0.15, -0.1) is 0 Å². The van der Waals surface area contributed by atoms with Crippen molar-refractivity contribution < 1.29 is 18.7 Å². The van der Waals surface area contributed by atoms with E-state index >= 15 is 0 Å². The largest absolute Gasteiger partial charge is 0.488 e. The Balaban J connectivity index is 1.36. The normalized spacial score (nSPS) is 19.6. The number of halogens is 1. The van der Waals surface area contributed by atoms with Gasteiger partial charge in [-0.3, -0.25) is 4.79 Å². The predicted octanol–water partition coefficient (Wildman–Crippen LogP) is 4.12. The van der Waals surface area contributed by atoms with E-state index in [4.69, 9.17) is 30.5 Å². The summed E-state index contributed by atoms with van der Waals surface area (Å²) in [7, 11) is 0. The van der Waals surface area contributed by atoms with Crippen LogP contribution in [0.1, 0.15) is 18.4 Å². The molecule has 0 spiro atoms. The number of ether oxygens (including phenoxy) is 2. The first-order chi connectivity index (χ1) is 17.0. The number of aromatic nitrogens is 3. The molecule has 35 heavy (non-hydrogen) atoms. The summed E-state index contributed by atoms with van der Waals surface area (Å²) in [4.78, 5) is 35.7. The fourth-order valence-electron chi connectivity index (χ4n) is 4.65. The molecular weight excluding hydrogens is 472 g/mol. The van der Waals surface area contributed by atoms with Gasteiger partial charge in [0, 0.05) is 30.6 Å². The SMILES string of the molecule is O=C1OC[C@@H]2C[C@@H](Oc3cc4c(=O)n(Cc5ccc(Cl)cc5)ccc4nc3-c3cnco3)CCN12. The lowest BCUT2D eigenvalue weighted by molar-refractivity contribution is 0.0938. The van der Waals surface area contributed by atoms with Gasteiger partial charge < -0.3 is 23.4 Å². The summed E-state index contributed by atoms with van der Waals surface area (Å²) in [5.41, 5.74) is 1.79. The van der Waals surface area contributed by atoms with Crippen LogP contribution >= 0.6 is 11.6 Å². The Bertz CT molecular complexity index is 1450. The van der Waals surface area contributed by atoms with Gasteiger partial charge in [-0.2, -0.15) is 0 Å². The number of pyridine rings is 2. The van der Waals surface area contributed by atoms with Gasteiger partial charge in [-0.05, 0) is 29.8 Å². The molecule has 2 atom stereocenters. The third-order valence-electron chi connectivity index (χ3n) is 6.45. The molecule has 9 nitrogen and oxygen atoms in total. The molecule has 0 N–H and O–H groups in total. The van der Waals surface area contributed by atoms with Crippen molar-refractivity contribution in [1.82, 2.24) is 19.4 Å². The lowest BCUT2D eigenvalue weighted by Gasteiger charge is -2.32. The van der Waals surface area contributed by atoms with Crippen LogP contribution < -0.4 is 10.3 Å². The van der Waals surface area contributed by atoms with Crippen molar-refractivity contribution >= 4 is 28.6 Å². The Hall–Kier alpha value is -3.85. The fraction of sp³-hybridized carbons (Fsp3) is 0.280. The molecule has 4 aromatic rings. The maximum atomic E-state index is 13.4. The van der Waals surface area contributed by atoms with E-state index in [9.17, 15) is 9.59 Å². The van der Waals surface area contributed by atoms with E-state index in [2.05, 4.69) is 4.98 Å². The lowest BCUT2D eigenvalue weighted by Crippen LogP contribution is -2.44. The van der Waals surface area contributed by atoms with E-state index in [1.165, 1.54) is 6.39 Å². The van der Waals surface area contributed by atoms with E-state index in [0.29, 0.717) is 65.7 Å². The zero-order chi connectivity index (χ0) is 23.9. The van der Waals surface area contributed by atoms with Crippen LogP contribution in [0.5, 0.6) is 5.75 Å². The number of carbonyl (C=O) groups is 1. The van der Waals surface area contributed by atoms with Gasteiger partial charge in [0.2, 0.25) is 0 Å². The first-order valence-corrected chi connectivity index (χ1v) is 11.7. The molecule has 0 radical (unpaired) electrons. The lowest BCUT2D eigenvalue weighted by atomic mass is 10.0. The summed E-state index contributed by atoms with van der Waals surface area (Å²) in [5.74, 6) is 0.892. The summed E-state index contributed by atoms with van der Waals surface area (Å²) in [5, 5.41) is 1.08. The minimum Gasteiger partial charge on any atom is -0.488 e. The molecule has 178 valence electrons. The minimum atomic E-state index is -0.274. The second-order valence-electron chi connectivity index (χ2n) is 8.70. The van der Waals surface area contributed by atoms with Crippen molar-refractivity contribution in [3.05, 3.63) is 76.1 Å². The second kappa shape index (κ2) is 8.74. The highest BCUT2D eigenvalue weighted by molar-refractivity contribution is 6.30. The number of benzene rings is 1. The van der Waals surface area contributed by atoms with Gasteiger partial charge >= 0.3 is 6.09 Å². The van der Waals surface area contributed by atoms with Crippen LogP contribution in [0.3, 0.4) is 0 Å². The van der Waals surface area contributed by atoms with Gasteiger partial charge in [0.05, 0.1) is 29.7 Å². The maximum Gasteiger partial charge on any atom is 0.410 e. The van der Waals surface area contributed by atoms with Gasteiger partial charge in [0.1, 0.15) is 24.2 Å². The van der Waals surface area contributed by atoms with Crippen molar-refractivity contribution in [2.75, 3.05) is 13.2 Å². The monoisotopic (exact) mass is 492 g/mol. The Labute approximate surface area is 204 Å². The van der Waals surface area contributed by atoms with Gasteiger partial charge in [-0.25, -0.2) is 14.8 Å². The summed E-state index contributed by atoms with van der Waals surface area (Å²) in [6.07, 6.45) is 5.47. The van der Waals surface area contributed by atoms with E-state index in [1.54, 1.807) is 46.1 Å². The number of fused-ring (bicyclic) bond motifs is 2. The van der Waals surface area contributed by atoms with Gasteiger partial charge in [-0.1, -0.05) is 23.7 Å². The molecule has 2 saturated heterocycles. The van der Waals surface area contributed by atoms with Gasteiger partial charge in [0.15, 0.2) is 12.2 Å². The van der Waals surface area contributed by atoms with Gasteiger partial charge in [0.25, 0.3) is 5.56 Å². The highest BCUT2D eigenvalue weighted by Crippen LogP contribution is 2.34. The summed E-state index contributed by atoms with van der Waals surface area (Å²) in [6, 6.07) is 10.9. The van der Waals surface area contributed by atoms with Crippen LogP contribution in [0.25, 0.3) is 22.4 Å². The van der Waals surface area contributed by atoms with Crippen LogP contribution in [0.2, 0.25) is 5.02 Å². The molecule has 0 bridgehead atoms. The third kappa shape index (κ3) is 4.12. The Morgan fingerprint density at radius 3 is 2.83 bits per heavy atom. The number of piperidine rings is 1. The van der Waals surface area contributed by atoms with Crippen molar-refractivity contribution in [2.45, 2.75) is 31.5 Å². The molecule has 0 aliphatic carbocycles. The molecule has 0 unspecified atom stereocenters. The molecule has 10 heteroatoms. The van der Waals surface area contributed by atoms with Crippen LogP contribution in [0.4, 0.5) is 4.79 Å². The highest BCUT2D eigenvalue weighted by atomic mass is 35.5. The molecule has 2 fully saturated rings. The van der Waals surface area contributed by atoms with Crippen molar-refractivity contribution in [2.24, 2.45) is 0 Å². The number of carbonyl (C=O) groups excluding carboxylic acids is 1. The topological polar surface area (TPSA) is 99.7 Å².